The maximum atomic E-state index is 11.5. The highest BCUT2D eigenvalue weighted by atomic mass is 16.2. The first kappa shape index (κ1) is 11.5. The largest absolute Gasteiger partial charge is 0.341 e. The predicted molar refractivity (Wildman–Crippen MR) is 52.0 cm³/mol. The van der Waals surface area contributed by atoms with Gasteiger partial charge in [0.1, 0.15) is 0 Å². The van der Waals surface area contributed by atoms with Crippen LogP contribution in [0.3, 0.4) is 0 Å². The monoisotopic (exact) mass is 171 g/mol. The Morgan fingerprint density at radius 1 is 1.33 bits per heavy atom. The first-order valence-electron chi connectivity index (χ1n) is 4.72. The summed E-state index contributed by atoms with van der Waals surface area (Å²) in [6.45, 7) is 8.33. The van der Waals surface area contributed by atoms with Crippen LogP contribution in [0.4, 0.5) is 0 Å². The van der Waals surface area contributed by atoms with E-state index in [2.05, 4.69) is 20.8 Å². The summed E-state index contributed by atoms with van der Waals surface area (Å²) in [6, 6.07) is 0. The molecule has 0 rings (SSSR count). The van der Waals surface area contributed by atoms with Crippen molar-refractivity contribution in [3.63, 3.8) is 0 Å². The Kier molecular flexibility index (Phi) is 4.29. The molecule has 2 nitrogen and oxygen atoms in total. The van der Waals surface area contributed by atoms with Crippen LogP contribution in [0.1, 0.15) is 47.0 Å². The second kappa shape index (κ2) is 4.48. The van der Waals surface area contributed by atoms with Crippen LogP contribution >= 0.6 is 0 Å². The summed E-state index contributed by atoms with van der Waals surface area (Å²) in [7, 11) is 1.89. The zero-order chi connectivity index (χ0) is 9.78. The van der Waals surface area contributed by atoms with E-state index in [1.807, 2.05) is 18.9 Å². The highest BCUT2D eigenvalue weighted by Gasteiger charge is 2.24. The lowest BCUT2D eigenvalue weighted by molar-refractivity contribution is -0.134. The summed E-state index contributed by atoms with van der Waals surface area (Å²) < 4.78 is 0. The van der Waals surface area contributed by atoms with Gasteiger partial charge in [0.25, 0.3) is 0 Å². The predicted octanol–water partition coefficient (Wildman–Crippen LogP) is 2.43. The minimum Gasteiger partial charge on any atom is -0.341 e. The molecule has 0 atom stereocenters. The molecule has 0 aromatic carbocycles. The van der Waals surface area contributed by atoms with Gasteiger partial charge in [0, 0.05) is 19.0 Å². The van der Waals surface area contributed by atoms with Crippen molar-refractivity contribution in [3.8, 4) is 0 Å². The van der Waals surface area contributed by atoms with E-state index in [9.17, 15) is 4.79 Å². The third kappa shape index (κ3) is 2.84. The van der Waals surface area contributed by atoms with Gasteiger partial charge in [0.05, 0.1) is 0 Å². The lowest BCUT2D eigenvalue weighted by atomic mass is 9.99. The maximum absolute atomic E-state index is 11.5. The van der Waals surface area contributed by atoms with Gasteiger partial charge >= 0.3 is 0 Å². The number of nitrogens with zero attached hydrogens (tertiary/aromatic N) is 1. The van der Waals surface area contributed by atoms with E-state index in [1.54, 1.807) is 0 Å². The average molecular weight is 171 g/mol. The van der Waals surface area contributed by atoms with Gasteiger partial charge in [-0.25, -0.2) is 0 Å². The van der Waals surface area contributed by atoms with Crippen molar-refractivity contribution in [2.75, 3.05) is 7.05 Å². The Hall–Kier alpha value is -0.530. The van der Waals surface area contributed by atoms with Gasteiger partial charge in [-0.1, -0.05) is 13.8 Å². The summed E-state index contributed by atoms with van der Waals surface area (Å²) in [5, 5.41) is 0. The van der Waals surface area contributed by atoms with Crippen LogP contribution in [0.15, 0.2) is 0 Å². The smallest absolute Gasteiger partial charge is 0.222 e. The molecule has 0 heterocycles. The topological polar surface area (TPSA) is 20.3 Å². The van der Waals surface area contributed by atoms with Crippen molar-refractivity contribution in [2.45, 2.75) is 52.5 Å². The van der Waals surface area contributed by atoms with Crippen LogP contribution < -0.4 is 0 Å². The van der Waals surface area contributed by atoms with Gasteiger partial charge in [-0.3, -0.25) is 4.79 Å². The molecule has 0 aliphatic heterocycles. The van der Waals surface area contributed by atoms with Crippen molar-refractivity contribution in [1.82, 2.24) is 4.90 Å². The van der Waals surface area contributed by atoms with Gasteiger partial charge in [0.2, 0.25) is 5.91 Å². The Morgan fingerprint density at radius 3 is 2.17 bits per heavy atom. The Balaban J connectivity index is 4.17. The molecule has 12 heavy (non-hydrogen) atoms. The van der Waals surface area contributed by atoms with E-state index < -0.39 is 0 Å². The highest BCUT2D eigenvalue weighted by Crippen LogP contribution is 2.17. The van der Waals surface area contributed by atoms with E-state index >= 15 is 0 Å². The van der Waals surface area contributed by atoms with E-state index in [0.717, 1.165) is 12.8 Å². The Bertz CT molecular complexity index is 152. The second-order valence-corrected chi connectivity index (χ2v) is 3.87. The molecule has 0 radical (unpaired) electrons. The molecule has 72 valence electrons. The number of carbonyl (C=O) groups excluding carboxylic acids is 1. The molecule has 0 unspecified atom stereocenters. The minimum absolute atomic E-state index is 0.00620. The fourth-order valence-corrected chi connectivity index (χ4v) is 0.956. The number of hydrogen-bond acceptors (Lipinski definition) is 1. The zero-order valence-corrected chi connectivity index (χ0v) is 8.98. The maximum Gasteiger partial charge on any atom is 0.222 e. The fourth-order valence-electron chi connectivity index (χ4n) is 0.956. The first-order valence-corrected chi connectivity index (χ1v) is 4.72. The minimum atomic E-state index is 0.00620. The first-order chi connectivity index (χ1) is 5.45. The normalized spacial score (nSPS) is 11.4. The van der Waals surface area contributed by atoms with E-state index in [1.165, 1.54) is 0 Å². The summed E-state index contributed by atoms with van der Waals surface area (Å²) in [6.07, 6.45) is 2.60. The van der Waals surface area contributed by atoms with Crippen LogP contribution in [0.25, 0.3) is 0 Å². The fraction of sp³-hybridized carbons (Fsp3) is 0.900. The van der Waals surface area contributed by atoms with Gasteiger partial charge in [-0.2, -0.15) is 0 Å². The van der Waals surface area contributed by atoms with Gasteiger partial charge in [-0.05, 0) is 26.7 Å². The van der Waals surface area contributed by atoms with E-state index in [4.69, 9.17) is 0 Å². The van der Waals surface area contributed by atoms with Crippen molar-refractivity contribution in [1.29, 1.82) is 0 Å². The number of amides is 1. The molecule has 2 heteroatoms. The molecular formula is C10H21NO. The van der Waals surface area contributed by atoms with Crippen LogP contribution in [-0.4, -0.2) is 23.4 Å². The van der Waals surface area contributed by atoms with Gasteiger partial charge in [0.15, 0.2) is 0 Å². The molecule has 0 aliphatic rings. The summed E-state index contributed by atoms with van der Waals surface area (Å²) in [5.41, 5.74) is 0.00620. The molecule has 0 aliphatic carbocycles. The lowest BCUT2D eigenvalue weighted by Crippen LogP contribution is -2.44. The number of hydrogen-bond donors (Lipinski definition) is 0. The van der Waals surface area contributed by atoms with Crippen molar-refractivity contribution < 1.29 is 4.79 Å². The number of carbonyl (C=O) groups is 1. The standard InChI is InChI=1S/C10H21NO/c1-6-8-9(12)11(5)10(3,4)7-2/h6-8H2,1-5H3. The molecule has 0 aromatic heterocycles. The summed E-state index contributed by atoms with van der Waals surface area (Å²) in [4.78, 5) is 13.3. The quantitative estimate of drug-likeness (QED) is 0.636. The van der Waals surface area contributed by atoms with Gasteiger partial charge in [-0.15, -0.1) is 0 Å². The lowest BCUT2D eigenvalue weighted by Gasteiger charge is -2.34. The molecular weight excluding hydrogens is 150 g/mol. The molecule has 1 amide bonds. The third-order valence-electron chi connectivity index (χ3n) is 2.61. The molecule has 0 bridgehead atoms. The summed E-state index contributed by atoms with van der Waals surface area (Å²) in [5.74, 6) is 0.254. The molecule has 0 saturated heterocycles. The molecule has 0 N–H and O–H groups in total. The second-order valence-electron chi connectivity index (χ2n) is 3.87. The van der Waals surface area contributed by atoms with Crippen LogP contribution in [0.2, 0.25) is 0 Å². The van der Waals surface area contributed by atoms with Crippen molar-refractivity contribution in [2.24, 2.45) is 0 Å². The zero-order valence-electron chi connectivity index (χ0n) is 8.98. The van der Waals surface area contributed by atoms with E-state index in [-0.39, 0.29) is 11.4 Å². The van der Waals surface area contributed by atoms with E-state index in [0.29, 0.717) is 6.42 Å². The van der Waals surface area contributed by atoms with Crippen LogP contribution in [0.5, 0.6) is 0 Å². The average Bonchev–Trinajstić information content (AvgIpc) is 2.03. The van der Waals surface area contributed by atoms with Crippen LogP contribution in [-0.2, 0) is 4.79 Å². The number of rotatable bonds is 4. The Labute approximate surface area is 75.9 Å². The van der Waals surface area contributed by atoms with Crippen molar-refractivity contribution in [3.05, 3.63) is 0 Å². The Morgan fingerprint density at radius 2 is 1.83 bits per heavy atom. The highest BCUT2D eigenvalue weighted by molar-refractivity contribution is 5.76. The third-order valence-corrected chi connectivity index (χ3v) is 2.61. The van der Waals surface area contributed by atoms with Gasteiger partial charge < -0.3 is 4.90 Å². The molecule has 0 saturated carbocycles. The SMILES string of the molecule is CCCC(=O)N(C)C(C)(C)CC. The van der Waals surface area contributed by atoms with Crippen molar-refractivity contribution >= 4 is 5.91 Å². The summed E-state index contributed by atoms with van der Waals surface area (Å²) >= 11 is 0. The molecule has 0 fully saturated rings. The van der Waals surface area contributed by atoms with Crippen LogP contribution in [0, 0.1) is 0 Å². The molecule has 0 aromatic rings. The molecule has 0 spiro atoms.